The normalized spacial score (nSPS) is 15.4. The van der Waals surface area contributed by atoms with Gasteiger partial charge < -0.3 is 10.3 Å². The lowest BCUT2D eigenvalue weighted by Gasteiger charge is -2.27. The van der Waals surface area contributed by atoms with Crippen molar-refractivity contribution in [1.82, 2.24) is 19.4 Å². The molecule has 2 N–H and O–H groups in total. The van der Waals surface area contributed by atoms with Gasteiger partial charge in [-0.25, -0.2) is 18.4 Å². The van der Waals surface area contributed by atoms with Crippen molar-refractivity contribution >= 4 is 15.9 Å². The van der Waals surface area contributed by atoms with Crippen LogP contribution in [-0.2, 0) is 23.0 Å². The maximum absolute atomic E-state index is 12.8. The predicted molar refractivity (Wildman–Crippen MR) is 77.8 cm³/mol. The zero-order chi connectivity index (χ0) is 16.8. The van der Waals surface area contributed by atoms with Crippen LogP contribution < -0.4 is 5.73 Å². The first kappa shape index (κ1) is 15.6. The second kappa shape index (κ2) is 5.39. The zero-order valence-electron chi connectivity index (χ0n) is 12.6. The van der Waals surface area contributed by atoms with Gasteiger partial charge in [0.2, 0.25) is 15.8 Å². The number of nitrogens with zero attached hydrogens (tertiary/aromatic N) is 4. The van der Waals surface area contributed by atoms with E-state index in [9.17, 15) is 13.2 Å². The first-order chi connectivity index (χ1) is 10.8. The summed E-state index contributed by atoms with van der Waals surface area (Å²) in [5.74, 6) is -0.632. The maximum atomic E-state index is 12.8. The Bertz CT molecular complexity index is 870. The number of hydrogen-bond acceptors (Lipinski definition) is 7. The van der Waals surface area contributed by atoms with Crippen LogP contribution in [0, 0.1) is 13.8 Å². The fourth-order valence-corrected chi connectivity index (χ4v) is 4.27. The van der Waals surface area contributed by atoms with E-state index in [0.717, 1.165) is 5.56 Å². The summed E-state index contributed by atoms with van der Waals surface area (Å²) in [5.41, 5.74) is 6.77. The lowest BCUT2D eigenvalue weighted by atomic mass is 10.1. The number of amides is 1. The number of primary amides is 1. The van der Waals surface area contributed by atoms with Crippen LogP contribution in [0.5, 0.6) is 0 Å². The molecule has 10 heteroatoms. The van der Waals surface area contributed by atoms with Gasteiger partial charge in [0, 0.05) is 12.7 Å². The van der Waals surface area contributed by atoms with Gasteiger partial charge in [0.1, 0.15) is 10.6 Å². The minimum Gasteiger partial charge on any atom is -0.363 e. The van der Waals surface area contributed by atoms with Crippen molar-refractivity contribution in [2.75, 3.05) is 6.54 Å². The number of sulfonamides is 1. The molecule has 0 saturated carbocycles. The van der Waals surface area contributed by atoms with Crippen LogP contribution in [0.3, 0.4) is 0 Å². The van der Waals surface area contributed by atoms with E-state index in [1.807, 2.05) is 0 Å². The lowest BCUT2D eigenvalue weighted by Crippen LogP contribution is -2.37. The van der Waals surface area contributed by atoms with E-state index in [-0.39, 0.29) is 23.0 Å². The third-order valence-electron chi connectivity index (χ3n) is 3.70. The van der Waals surface area contributed by atoms with E-state index in [1.54, 1.807) is 13.8 Å². The summed E-state index contributed by atoms with van der Waals surface area (Å²) in [6.07, 6.45) is 1.97. The standard InChI is InChI=1S/C13H15N5O4S/c1-7-11(8(2)22-17-7)23(20,21)18-4-3-9-5-15-13(12(14)19)16-10(9)6-18/h5H,3-4,6H2,1-2H3,(H2,14,19). The van der Waals surface area contributed by atoms with Crippen molar-refractivity contribution < 1.29 is 17.7 Å². The van der Waals surface area contributed by atoms with E-state index in [1.165, 1.54) is 10.5 Å². The van der Waals surface area contributed by atoms with E-state index in [0.29, 0.717) is 24.4 Å². The van der Waals surface area contributed by atoms with Crippen LogP contribution in [0.2, 0.25) is 0 Å². The topological polar surface area (TPSA) is 132 Å². The molecule has 23 heavy (non-hydrogen) atoms. The number of carbonyl (C=O) groups excluding carboxylic acids is 1. The van der Waals surface area contributed by atoms with Crippen molar-refractivity contribution in [1.29, 1.82) is 0 Å². The Morgan fingerprint density at radius 2 is 2.13 bits per heavy atom. The van der Waals surface area contributed by atoms with Gasteiger partial charge in [-0.1, -0.05) is 5.16 Å². The van der Waals surface area contributed by atoms with Gasteiger partial charge in [0.25, 0.3) is 5.91 Å². The fraction of sp³-hybridized carbons (Fsp3) is 0.385. The summed E-state index contributed by atoms with van der Waals surface area (Å²) in [5, 5.41) is 3.69. The van der Waals surface area contributed by atoms with Gasteiger partial charge in [-0.2, -0.15) is 4.31 Å². The first-order valence-electron chi connectivity index (χ1n) is 6.88. The van der Waals surface area contributed by atoms with Crippen molar-refractivity contribution in [3.8, 4) is 0 Å². The number of nitrogens with two attached hydrogens (primary N) is 1. The van der Waals surface area contributed by atoms with Crippen LogP contribution in [-0.4, -0.2) is 40.3 Å². The molecule has 122 valence electrons. The molecule has 9 nitrogen and oxygen atoms in total. The SMILES string of the molecule is Cc1noc(C)c1S(=O)(=O)N1CCc2cnc(C(N)=O)nc2C1. The van der Waals surface area contributed by atoms with Crippen molar-refractivity contribution in [3.05, 3.63) is 34.7 Å². The Kier molecular flexibility index (Phi) is 3.65. The average Bonchev–Trinajstić information content (AvgIpc) is 2.85. The van der Waals surface area contributed by atoms with E-state index < -0.39 is 15.9 Å². The van der Waals surface area contributed by atoms with Gasteiger partial charge in [0.15, 0.2) is 5.76 Å². The van der Waals surface area contributed by atoms with Crippen LogP contribution in [0.15, 0.2) is 15.6 Å². The molecule has 3 rings (SSSR count). The minimum absolute atomic E-state index is 0.0462. The molecule has 0 saturated heterocycles. The van der Waals surface area contributed by atoms with Crippen LogP contribution in [0.25, 0.3) is 0 Å². The largest absolute Gasteiger partial charge is 0.363 e. The van der Waals surface area contributed by atoms with Crippen LogP contribution >= 0.6 is 0 Å². The summed E-state index contributed by atoms with van der Waals surface area (Å²) >= 11 is 0. The zero-order valence-corrected chi connectivity index (χ0v) is 13.4. The molecular weight excluding hydrogens is 322 g/mol. The van der Waals surface area contributed by atoms with Gasteiger partial charge in [-0.05, 0) is 25.8 Å². The molecule has 2 aromatic heterocycles. The van der Waals surface area contributed by atoms with Gasteiger partial charge in [0.05, 0.1) is 12.2 Å². The quantitative estimate of drug-likeness (QED) is 0.828. The van der Waals surface area contributed by atoms with E-state index in [4.69, 9.17) is 10.3 Å². The Balaban J connectivity index is 1.98. The molecule has 1 aliphatic heterocycles. The number of fused-ring (bicyclic) bond motifs is 1. The highest BCUT2D eigenvalue weighted by Crippen LogP contribution is 2.27. The molecule has 0 aliphatic carbocycles. The molecule has 0 spiro atoms. The molecule has 0 unspecified atom stereocenters. The Labute approximate surface area is 132 Å². The summed E-state index contributed by atoms with van der Waals surface area (Å²) in [6.45, 7) is 3.47. The third kappa shape index (κ3) is 2.59. The monoisotopic (exact) mass is 337 g/mol. The Morgan fingerprint density at radius 3 is 2.74 bits per heavy atom. The first-order valence-corrected chi connectivity index (χ1v) is 8.32. The molecule has 2 aromatic rings. The van der Waals surface area contributed by atoms with Crippen molar-refractivity contribution in [2.24, 2.45) is 5.73 Å². The highest BCUT2D eigenvalue weighted by Gasteiger charge is 2.34. The third-order valence-corrected chi connectivity index (χ3v) is 5.79. The molecule has 1 amide bonds. The molecule has 0 fully saturated rings. The smallest absolute Gasteiger partial charge is 0.286 e. The van der Waals surface area contributed by atoms with Gasteiger partial charge in [-0.3, -0.25) is 4.79 Å². The maximum Gasteiger partial charge on any atom is 0.286 e. The fourth-order valence-electron chi connectivity index (χ4n) is 2.57. The molecule has 0 bridgehead atoms. The van der Waals surface area contributed by atoms with E-state index >= 15 is 0 Å². The summed E-state index contributed by atoms with van der Waals surface area (Å²) in [7, 11) is -3.76. The van der Waals surface area contributed by atoms with Gasteiger partial charge >= 0.3 is 0 Å². The van der Waals surface area contributed by atoms with Crippen LogP contribution in [0.1, 0.15) is 33.3 Å². The minimum atomic E-state index is -3.76. The van der Waals surface area contributed by atoms with Crippen molar-refractivity contribution in [2.45, 2.75) is 31.7 Å². The summed E-state index contributed by atoms with van der Waals surface area (Å²) in [6, 6.07) is 0. The molecule has 0 aromatic carbocycles. The summed E-state index contributed by atoms with van der Waals surface area (Å²) in [4.78, 5) is 19.2. The average molecular weight is 337 g/mol. The molecule has 0 radical (unpaired) electrons. The molecule has 0 atom stereocenters. The summed E-state index contributed by atoms with van der Waals surface area (Å²) < 4.78 is 31.9. The number of aryl methyl sites for hydroxylation is 2. The van der Waals surface area contributed by atoms with Crippen LogP contribution in [0.4, 0.5) is 0 Å². The predicted octanol–water partition coefficient (Wildman–Crippen LogP) is -0.0727. The van der Waals surface area contributed by atoms with Gasteiger partial charge in [-0.15, -0.1) is 0 Å². The lowest BCUT2D eigenvalue weighted by molar-refractivity contribution is 0.0990. The highest BCUT2D eigenvalue weighted by molar-refractivity contribution is 7.89. The molecule has 1 aliphatic rings. The second-order valence-electron chi connectivity index (χ2n) is 5.27. The number of rotatable bonds is 3. The Morgan fingerprint density at radius 1 is 1.39 bits per heavy atom. The molecule has 3 heterocycles. The second-order valence-corrected chi connectivity index (χ2v) is 7.15. The molecular formula is C13H15N5O4S. The van der Waals surface area contributed by atoms with E-state index in [2.05, 4.69) is 15.1 Å². The van der Waals surface area contributed by atoms with Crippen molar-refractivity contribution in [3.63, 3.8) is 0 Å². The Hall–Kier alpha value is -2.33. The number of carbonyl (C=O) groups is 1. The number of hydrogen-bond donors (Lipinski definition) is 1. The number of aromatic nitrogens is 3. The highest BCUT2D eigenvalue weighted by atomic mass is 32.2.